The molecule has 1 saturated heterocycles. The summed E-state index contributed by atoms with van der Waals surface area (Å²) < 4.78 is 0. The summed E-state index contributed by atoms with van der Waals surface area (Å²) in [5, 5.41) is 20.5. The SMILES string of the molecule is CCNC(=NCC1CCCN1CC)NCCNc1ccc([N+](=O)[O-])cc1. The van der Waals surface area contributed by atoms with Gasteiger partial charge in [0.05, 0.1) is 11.5 Å². The van der Waals surface area contributed by atoms with Crippen molar-refractivity contribution in [2.24, 2.45) is 4.99 Å². The highest BCUT2D eigenvalue weighted by Gasteiger charge is 2.22. The van der Waals surface area contributed by atoms with Crippen molar-refractivity contribution >= 4 is 17.3 Å². The number of hydrogen-bond donors (Lipinski definition) is 3. The predicted octanol–water partition coefficient (Wildman–Crippen LogP) is 2.05. The third-order valence-electron chi connectivity index (χ3n) is 4.53. The zero-order valence-corrected chi connectivity index (χ0v) is 15.7. The number of guanidine groups is 1. The lowest BCUT2D eigenvalue weighted by Crippen LogP contribution is -2.41. The van der Waals surface area contributed by atoms with Crippen molar-refractivity contribution in [2.45, 2.75) is 32.7 Å². The molecule has 3 N–H and O–H groups in total. The van der Waals surface area contributed by atoms with Crippen LogP contribution >= 0.6 is 0 Å². The molecule has 0 spiro atoms. The maximum atomic E-state index is 10.7. The molecule has 0 bridgehead atoms. The average Bonchev–Trinajstić information content (AvgIpc) is 3.11. The van der Waals surface area contributed by atoms with Gasteiger partial charge >= 0.3 is 0 Å². The van der Waals surface area contributed by atoms with Crippen LogP contribution in [-0.2, 0) is 0 Å². The lowest BCUT2D eigenvalue weighted by Gasteiger charge is -2.21. The van der Waals surface area contributed by atoms with E-state index in [2.05, 4.69) is 34.7 Å². The topological polar surface area (TPSA) is 94.8 Å². The Hall–Kier alpha value is -2.35. The van der Waals surface area contributed by atoms with E-state index in [1.807, 2.05) is 0 Å². The van der Waals surface area contributed by atoms with Gasteiger partial charge in [0, 0.05) is 43.5 Å². The van der Waals surface area contributed by atoms with Crippen LogP contribution in [0.4, 0.5) is 11.4 Å². The van der Waals surface area contributed by atoms with Gasteiger partial charge in [-0.1, -0.05) is 6.92 Å². The van der Waals surface area contributed by atoms with E-state index in [1.165, 1.54) is 31.5 Å². The molecule has 1 aliphatic heterocycles. The summed E-state index contributed by atoms with van der Waals surface area (Å²) in [6.07, 6.45) is 2.48. The van der Waals surface area contributed by atoms with Crippen LogP contribution in [0.2, 0.25) is 0 Å². The van der Waals surface area contributed by atoms with Crippen LogP contribution in [0.25, 0.3) is 0 Å². The molecule has 1 aromatic rings. The van der Waals surface area contributed by atoms with Crippen LogP contribution in [0.1, 0.15) is 26.7 Å². The summed E-state index contributed by atoms with van der Waals surface area (Å²) in [7, 11) is 0. The van der Waals surface area contributed by atoms with E-state index in [-0.39, 0.29) is 5.69 Å². The highest BCUT2D eigenvalue weighted by atomic mass is 16.6. The summed E-state index contributed by atoms with van der Waals surface area (Å²) >= 11 is 0. The van der Waals surface area contributed by atoms with Gasteiger partial charge in [-0.3, -0.25) is 20.0 Å². The van der Waals surface area contributed by atoms with Gasteiger partial charge in [0.15, 0.2) is 5.96 Å². The molecule has 0 aliphatic carbocycles. The number of non-ortho nitro benzene ring substituents is 1. The molecule has 8 heteroatoms. The first-order chi connectivity index (χ1) is 12.6. The second-order valence-corrected chi connectivity index (χ2v) is 6.30. The molecule has 1 aromatic carbocycles. The molecule has 1 heterocycles. The number of aliphatic imine (C=N–C) groups is 1. The highest BCUT2D eigenvalue weighted by Crippen LogP contribution is 2.16. The fourth-order valence-electron chi connectivity index (χ4n) is 3.15. The Morgan fingerprint density at radius 1 is 1.27 bits per heavy atom. The number of likely N-dealkylation sites (tertiary alicyclic amines) is 1. The molecule has 2 rings (SSSR count). The van der Waals surface area contributed by atoms with Gasteiger partial charge in [-0.15, -0.1) is 0 Å². The van der Waals surface area contributed by atoms with E-state index in [4.69, 9.17) is 4.99 Å². The molecule has 0 aromatic heterocycles. The van der Waals surface area contributed by atoms with Crippen molar-refractivity contribution in [3.05, 3.63) is 34.4 Å². The first-order valence-corrected chi connectivity index (χ1v) is 9.38. The van der Waals surface area contributed by atoms with Crippen LogP contribution in [0, 0.1) is 10.1 Å². The molecule has 1 fully saturated rings. The fraction of sp³-hybridized carbons (Fsp3) is 0.611. The smallest absolute Gasteiger partial charge is 0.269 e. The Morgan fingerprint density at radius 3 is 2.69 bits per heavy atom. The molecule has 0 radical (unpaired) electrons. The van der Waals surface area contributed by atoms with Crippen molar-refractivity contribution in [2.75, 3.05) is 44.6 Å². The Labute approximate surface area is 155 Å². The molecule has 0 amide bonds. The van der Waals surface area contributed by atoms with E-state index < -0.39 is 4.92 Å². The number of nitrogens with zero attached hydrogens (tertiary/aromatic N) is 3. The zero-order chi connectivity index (χ0) is 18.8. The van der Waals surface area contributed by atoms with E-state index in [9.17, 15) is 10.1 Å². The summed E-state index contributed by atoms with van der Waals surface area (Å²) in [6.45, 7) is 9.58. The second kappa shape index (κ2) is 10.6. The monoisotopic (exact) mass is 362 g/mol. The lowest BCUT2D eigenvalue weighted by atomic mass is 10.2. The van der Waals surface area contributed by atoms with Crippen LogP contribution in [0.3, 0.4) is 0 Å². The minimum Gasteiger partial charge on any atom is -0.383 e. The summed E-state index contributed by atoms with van der Waals surface area (Å²) in [5.41, 5.74) is 0.965. The van der Waals surface area contributed by atoms with Crippen molar-refractivity contribution in [1.82, 2.24) is 15.5 Å². The third-order valence-corrected chi connectivity index (χ3v) is 4.53. The maximum absolute atomic E-state index is 10.7. The average molecular weight is 362 g/mol. The number of benzene rings is 1. The number of anilines is 1. The number of rotatable bonds is 9. The van der Waals surface area contributed by atoms with Crippen molar-refractivity contribution in [1.29, 1.82) is 0 Å². The number of nitro groups is 1. The van der Waals surface area contributed by atoms with Crippen LogP contribution < -0.4 is 16.0 Å². The number of nitro benzene ring substituents is 1. The van der Waals surface area contributed by atoms with E-state index in [1.54, 1.807) is 12.1 Å². The Kier molecular flexibility index (Phi) is 8.14. The predicted molar refractivity (Wildman–Crippen MR) is 106 cm³/mol. The number of likely N-dealkylation sites (N-methyl/N-ethyl adjacent to an activating group) is 1. The largest absolute Gasteiger partial charge is 0.383 e. The van der Waals surface area contributed by atoms with Crippen molar-refractivity contribution in [3.8, 4) is 0 Å². The molecule has 1 atom stereocenters. The van der Waals surface area contributed by atoms with Crippen molar-refractivity contribution in [3.63, 3.8) is 0 Å². The molecular formula is C18H30N6O2. The summed E-state index contributed by atoms with van der Waals surface area (Å²) in [4.78, 5) is 17.5. The fourth-order valence-corrected chi connectivity index (χ4v) is 3.15. The van der Waals surface area contributed by atoms with Gasteiger partial charge in [-0.25, -0.2) is 0 Å². The Bertz CT molecular complexity index is 590. The zero-order valence-electron chi connectivity index (χ0n) is 15.7. The van der Waals surface area contributed by atoms with Crippen molar-refractivity contribution < 1.29 is 4.92 Å². The van der Waals surface area contributed by atoms with Crippen LogP contribution in [0.5, 0.6) is 0 Å². The summed E-state index contributed by atoms with van der Waals surface area (Å²) in [5.74, 6) is 0.834. The molecular weight excluding hydrogens is 332 g/mol. The highest BCUT2D eigenvalue weighted by molar-refractivity contribution is 5.79. The first-order valence-electron chi connectivity index (χ1n) is 9.38. The normalized spacial score (nSPS) is 17.9. The molecule has 26 heavy (non-hydrogen) atoms. The molecule has 1 unspecified atom stereocenters. The quantitative estimate of drug-likeness (QED) is 0.205. The van der Waals surface area contributed by atoms with Crippen LogP contribution in [0.15, 0.2) is 29.3 Å². The number of nitrogens with one attached hydrogen (secondary N) is 3. The maximum Gasteiger partial charge on any atom is 0.269 e. The Balaban J connectivity index is 1.75. The van der Waals surface area contributed by atoms with Gasteiger partial charge in [0.2, 0.25) is 0 Å². The van der Waals surface area contributed by atoms with Gasteiger partial charge in [0.1, 0.15) is 0 Å². The second-order valence-electron chi connectivity index (χ2n) is 6.30. The van der Waals surface area contributed by atoms with Gasteiger partial charge in [0.25, 0.3) is 5.69 Å². The van der Waals surface area contributed by atoms with Gasteiger partial charge in [-0.05, 0) is 45.0 Å². The minimum absolute atomic E-state index is 0.100. The first kappa shape index (κ1) is 20.0. The van der Waals surface area contributed by atoms with Gasteiger partial charge < -0.3 is 16.0 Å². The molecule has 0 saturated carbocycles. The number of hydrogen-bond acceptors (Lipinski definition) is 5. The van der Waals surface area contributed by atoms with Gasteiger partial charge in [-0.2, -0.15) is 0 Å². The van der Waals surface area contributed by atoms with E-state index in [0.717, 1.165) is 31.3 Å². The standard InChI is InChI=1S/C18H30N6O2/c1-3-19-18(22-14-17-6-5-13-23(17)4-2)21-12-11-20-15-7-9-16(10-8-15)24(25)26/h7-10,17,20H,3-6,11-14H2,1-2H3,(H2,19,21,22). The summed E-state index contributed by atoms with van der Waals surface area (Å²) in [6, 6.07) is 6.99. The lowest BCUT2D eigenvalue weighted by molar-refractivity contribution is -0.384. The van der Waals surface area contributed by atoms with E-state index in [0.29, 0.717) is 19.1 Å². The minimum atomic E-state index is -0.394. The third kappa shape index (κ3) is 6.18. The van der Waals surface area contributed by atoms with Crippen LogP contribution in [-0.4, -0.2) is 61.1 Å². The Morgan fingerprint density at radius 2 is 2.04 bits per heavy atom. The molecule has 8 nitrogen and oxygen atoms in total. The molecule has 144 valence electrons. The van der Waals surface area contributed by atoms with E-state index >= 15 is 0 Å². The molecule has 1 aliphatic rings.